The van der Waals surface area contributed by atoms with Crippen LogP contribution in [0.2, 0.25) is 10.0 Å². The summed E-state index contributed by atoms with van der Waals surface area (Å²) in [5, 5.41) is 23.4. The summed E-state index contributed by atoms with van der Waals surface area (Å²) in [6.45, 7) is 5.43. The number of hydrogen-bond acceptors (Lipinski definition) is 7. The number of aliphatic carboxylic acids is 1. The molecule has 17 heteroatoms. The van der Waals surface area contributed by atoms with Gasteiger partial charge in [-0.3, -0.25) is 14.4 Å². The molecule has 4 atom stereocenters. The fraction of sp³-hybridized carbons (Fsp3) is 0.378. The van der Waals surface area contributed by atoms with E-state index >= 15 is 0 Å². The highest BCUT2D eigenvalue weighted by Gasteiger charge is 2.41. The van der Waals surface area contributed by atoms with E-state index in [1.165, 1.54) is 18.2 Å². The van der Waals surface area contributed by atoms with E-state index in [0.717, 1.165) is 9.87 Å². The molecule has 1 aliphatic heterocycles. The number of hydrogen-bond donors (Lipinski definition) is 6. The molecule has 0 aliphatic carbocycles. The van der Waals surface area contributed by atoms with Crippen LogP contribution in [0.1, 0.15) is 50.7 Å². The molecule has 14 nitrogen and oxygen atoms in total. The third-order valence-electron chi connectivity index (χ3n) is 9.08. The van der Waals surface area contributed by atoms with Crippen molar-refractivity contribution in [2.45, 2.75) is 75.9 Å². The maximum absolute atomic E-state index is 13.4. The predicted octanol–water partition coefficient (Wildman–Crippen LogP) is 4.95. The predicted molar refractivity (Wildman–Crippen MR) is 206 cm³/mol. The minimum Gasteiger partial charge on any atom is -0.480 e. The molecule has 0 bridgehead atoms. The number of carbonyl (C=O) groups excluding carboxylic acids is 4. The number of carboxylic acids is 1. The quantitative estimate of drug-likeness (QED) is 0.117. The first-order valence-electron chi connectivity index (χ1n) is 17.4. The van der Waals surface area contributed by atoms with E-state index in [-0.39, 0.29) is 53.2 Å². The maximum atomic E-state index is 13.4. The van der Waals surface area contributed by atoms with Crippen LogP contribution >= 0.6 is 23.2 Å². The molecule has 1 fully saturated rings. The summed E-state index contributed by atoms with van der Waals surface area (Å²) in [7, 11) is -4.18. The van der Waals surface area contributed by atoms with Crippen molar-refractivity contribution in [1.82, 2.24) is 20.3 Å². The summed E-state index contributed by atoms with van der Waals surface area (Å²) in [5.41, 5.74) is 2.76. The molecule has 6 N–H and O–H groups in total. The second-order valence-electron chi connectivity index (χ2n) is 13.1. The minimum atomic E-state index is -4.18. The van der Waals surface area contributed by atoms with E-state index in [4.69, 9.17) is 23.2 Å². The maximum Gasteiger partial charge on any atom is 0.326 e. The van der Waals surface area contributed by atoms with Crippen LogP contribution in [0.15, 0.2) is 71.6 Å². The number of amides is 5. The number of nitrogens with zero attached hydrogens (tertiary/aromatic N) is 1. The number of carboxylic acid groups (broad SMARTS) is 1. The number of para-hydroxylation sites is 1. The number of carbonyl (C=O) groups is 5. The largest absolute Gasteiger partial charge is 0.480 e. The molecular formula is C37H44Cl2N6O8S. The molecule has 3 aromatic rings. The SMILES string of the molecule is CCC(C)[C@H](NC(=O)Cc1ccc(NC(=O)Nc2ccccc2C)cc1)C(=O)NCC[C@H](NC(=O)[C@@H]1CCCN1S(=O)(=O)c1cc(Cl)cc(Cl)c1)C(=O)O. The topological polar surface area (TPSA) is 203 Å². The summed E-state index contributed by atoms with van der Waals surface area (Å²) < 4.78 is 27.7. The number of benzene rings is 3. The van der Waals surface area contributed by atoms with Gasteiger partial charge in [-0.25, -0.2) is 18.0 Å². The van der Waals surface area contributed by atoms with Gasteiger partial charge in [0.2, 0.25) is 27.7 Å². The van der Waals surface area contributed by atoms with Crippen LogP contribution in [-0.4, -0.2) is 78.8 Å². The minimum absolute atomic E-state index is 0.0389. The zero-order chi connectivity index (χ0) is 39.6. The highest BCUT2D eigenvalue weighted by Crippen LogP contribution is 2.30. The summed E-state index contributed by atoms with van der Waals surface area (Å²) in [6, 6.07) is 14.0. The Hall–Kier alpha value is -4.70. The van der Waals surface area contributed by atoms with E-state index < -0.39 is 57.9 Å². The molecule has 1 heterocycles. The van der Waals surface area contributed by atoms with Gasteiger partial charge in [-0.15, -0.1) is 0 Å². The Labute approximate surface area is 324 Å². The average molecular weight is 804 g/mol. The van der Waals surface area contributed by atoms with Crippen molar-refractivity contribution in [3.63, 3.8) is 0 Å². The molecule has 54 heavy (non-hydrogen) atoms. The Morgan fingerprint density at radius 1 is 0.944 bits per heavy atom. The van der Waals surface area contributed by atoms with Gasteiger partial charge in [0.1, 0.15) is 18.1 Å². The first kappa shape index (κ1) is 42.0. The van der Waals surface area contributed by atoms with Crippen LogP contribution in [-0.2, 0) is 35.6 Å². The lowest BCUT2D eigenvalue weighted by Gasteiger charge is -2.26. The Bertz CT molecular complexity index is 1940. The van der Waals surface area contributed by atoms with Crippen LogP contribution in [0.25, 0.3) is 0 Å². The summed E-state index contributed by atoms with van der Waals surface area (Å²) in [4.78, 5) is 63.9. The molecule has 0 spiro atoms. The normalized spacial score (nSPS) is 16.1. The first-order chi connectivity index (χ1) is 25.6. The third-order valence-corrected chi connectivity index (χ3v) is 11.4. The zero-order valence-corrected chi connectivity index (χ0v) is 32.4. The number of sulfonamides is 1. The van der Waals surface area contributed by atoms with E-state index in [1.54, 1.807) is 37.3 Å². The Morgan fingerprint density at radius 3 is 2.24 bits per heavy atom. The molecule has 5 amide bonds. The molecule has 1 unspecified atom stereocenters. The standard InChI is InChI=1S/C37H44Cl2N6O8S/c1-4-22(2)33(44-32(46)18-24-11-13-27(14-12-24)41-37(51)43-29-9-6-5-8-23(29)3)35(48)40-16-15-30(36(49)50)42-34(47)31-10-7-17-45(31)54(52,53)28-20-25(38)19-26(39)21-28/h5-6,8-9,11-14,19-22,30-31,33H,4,7,10,15-18H2,1-3H3,(H,40,48)(H,42,47)(H,44,46)(H,49,50)(H2,41,43,51)/t22?,30-,31-,33-/m0/s1. The van der Waals surface area contributed by atoms with Crippen molar-refractivity contribution in [3.8, 4) is 0 Å². The summed E-state index contributed by atoms with van der Waals surface area (Å²) >= 11 is 12.0. The van der Waals surface area contributed by atoms with Gasteiger partial charge in [-0.1, -0.05) is 73.8 Å². The second-order valence-corrected chi connectivity index (χ2v) is 15.8. The first-order valence-corrected chi connectivity index (χ1v) is 19.6. The number of halogens is 2. The molecule has 4 rings (SSSR count). The van der Waals surface area contributed by atoms with Crippen molar-refractivity contribution in [2.75, 3.05) is 23.7 Å². The highest BCUT2D eigenvalue weighted by atomic mass is 35.5. The molecule has 0 radical (unpaired) electrons. The molecule has 290 valence electrons. The van der Waals surface area contributed by atoms with E-state index in [0.29, 0.717) is 29.8 Å². The fourth-order valence-corrected chi connectivity index (χ4v) is 8.28. The smallest absolute Gasteiger partial charge is 0.326 e. The molecule has 0 saturated carbocycles. The van der Waals surface area contributed by atoms with Gasteiger partial charge in [0.25, 0.3) is 0 Å². The molecule has 1 aliphatic rings. The number of urea groups is 1. The van der Waals surface area contributed by atoms with Gasteiger partial charge in [0, 0.05) is 34.5 Å². The number of nitrogens with one attached hydrogen (secondary N) is 5. The van der Waals surface area contributed by atoms with Gasteiger partial charge in [-0.2, -0.15) is 4.31 Å². The molecule has 1 saturated heterocycles. The molecular weight excluding hydrogens is 759 g/mol. The van der Waals surface area contributed by atoms with Gasteiger partial charge in [0.15, 0.2) is 0 Å². The van der Waals surface area contributed by atoms with Crippen LogP contribution < -0.4 is 26.6 Å². The van der Waals surface area contributed by atoms with Crippen molar-refractivity contribution in [3.05, 3.63) is 87.9 Å². The van der Waals surface area contributed by atoms with Crippen LogP contribution in [0.3, 0.4) is 0 Å². The fourth-order valence-electron chi connectivity index (χ4n) is 5.89. The zero-order valence-electron chi connectivity index (χ0n) is 30.0. The van der Waals surface area contributed by atoms with Crippen LogP contribution in [0.5, 0.6) is 0 Å². The number of anilines is 2. The van der Waals surface area contributed by atoms with E-state index in [2.05, 4.69) is 26.6 Å². The van der Waals surface area contributed by atoms with Crippen molar-refractivity contribution >= 4 is 74.3 Å². The van der Waals surface area contributed by atoms with Crippen molar-refractivity contribution in [2.24, 2.45) is 5.92 Å². The average Bonchev–Trinajstić information content (AvgIpc) is 3.63. The number of rotatable bonds is 16. The second kappa shape index (κ2) is 19.1. The lowest BCUT2D eigenvalue weighted by Crippen LogP contribution is -2.53. The van der Waals surface area contributed by atoms with Gasteiger partial charge in [0.05, 0.1) is 11.3 Å². The Morgan fingerprint density at radius 2 is 1.61 bits per heavy atom. The van der Waals surface area contributed by atoms with Crippen molar-refractivity contribution in [1.29, 1.82) is 0 Å². The molecule has 3 aromatic carbocycles. The monoisotopic (exact) mass is 802 g/mol. The summed E-state index contributed by atoms with van der Waals surface area (Å²) in [6.07, 6.45) is 0.852. The van der Waals surface area contributed by atoms with Crippen LogP contribution in [0.4, 0.5) is 16.2 Å². The Kier molecular flexibility index (Phi) is 14.8. The Balaban J connectivity index is 1.29. The van der Waals surface area contributed by atoms with E-state index in [1.807, 2.05) is 32.0 Å². The van der Waals surface area contributed by atoms with Crippen LogP contribution in [0, 0.1) is 12.8 Å². The van der Waals surface area contributed by atoms with Gasteiger partial charge >= 0.3 is 12.0 Å². The van der Waals surface area contributed by atoms with E-state index in [9.17, 15) is 37.5 Å². The van der Waals surface area contributed by atoms with Crippen molar-refractivity contribution < 1.29 is 37.5 Å². The lowest BCUT2D eigenvalue weighted by molar-refractivity contribution is -0.142. The van der Waals surface area contributed by atoms with Gasteiger partial charge in [-0.05, 0) is 79.6 Å². The lowest BCUT2D eigenvalue weighted by atomic mass is 9.97. The molecule has 0 aromatic heterocycles. The third kappa shape index (κ3) is 11.4. The van der Waals surface area contributed by atoms with Gasteiger partial charge < -0.3 is 31.7 Å². The number of aryl methyl sites for hydroxylation is 1. The highest BCUT2D eigenvalue weighted by molar-refractivity contribution is 7.89. The summed E-state index contributed by atoms with van der Waals surface area (Å²) in [5.74, 6) is -3.37.